The molecule has 5 nitrogen and oxygen atoms in total. The molecule has 1 aromatic heterocycles. The molecule has 6 heteroatoms. The highest BCUT2D eigenvalue weighted by Gasteiger charge is 2.26. The number of carbonyl (C=O) groups is 1. The largest absolute Gasteiger partial charge is 0.393 e. The molecule has 1 fully saturated rings. The van der Waals surface area contributed by atoms with Gasteiger partial charge in [-0.3, -0.25) is 4.79 Å². The maximum Gasteiger partial charge on any atom is 0.257 e. The van der Waals surface area contributed by atoms with Gasteiger partial charge in [-0.15, -0.1) is 0 Å². The molecule has 3 aromatic rings. The van der Waals surface area contributed by atoms with Gasteiger partial charge in [0, 0.05) is 24.8 Å². The number of piperidine rings is 1. The van der Waals surface area contributed by atoms with Crippen LogP contribution in [-0.2, 0) is 0 Å². The Labute approximate surface area is 163 Å². The van der Waals surface area contributed by atoms with Crippen LogP contribution in [0.5, 0.6) is 0 Å². The third kappa shape index (κ3) is 3.68. The highest BCUT2D eigenvalue weighted by atomic mass is 19.1. The van der Waals surface area contributed by atoms with Crippen LogP contribution in [0.1, 0.15) is 28.8 Å². The quantitative estimate of drug-likeness (QED) is 0.757. The lowest BCUT2D eigenvalue weighted by Gasteiger charge is -2.29. The van der Waals surface area contributed by atoms with Crippen molar-refractivity contribution in [2.24, 2.45) is 0 Å². The van der Waals surface area contributed by atoms with Crippen molar-refractivity contribution >= 4 is 5.91 Å². The molecule has 2 aromatic carbocycles. The molecule has 1 aliphatic heterocycles. The van der Waals surface area contributed by atoms with Gasteiger partial charge in [-0.05, 0) is 44.0 Å². The minimum Gasteiger partial charge on any atom is -0.393 e. The fourth-order valence-electron chi connectivity index (χ4n) is 3.42. The van der Waals surface area contributed by atoms with Crippen LogP contribution in [0.4, 0.5) is 4.39 Å². The number of nitrogens with zero attached hydrogens (tertiary/aromatic N) is 3. The molecule has 4 rings (SSSR count). The zero-order valence-electron chi connectivity index (χ0n) is 15.7. The molecule has 1 amide bonds. The average molecular weight is 379 g/mol. The van der Waals surface area contributed by atoms with Crippen molar-refractivity contribution in [3.8, 4) is 16.9 Å². The molecule has 0 saturated carbocycles. The summed E-state index contributed by atoms with van der Waals surface area (Å²) in [6.07, 6.45) is 2.52. The minimum absolute atomic E-state index is 0.101. The second kappa shape index (κ2) is 7.56. The number of aliphatic hydroxyl groups excluding tert-OH is 1. The Hall–Kier alpha value is -2.99. The van der Waals surface area contributed by atoms with Gasteiger partial charge in [-0.1, -0.05) is 29.8 Å². The number of hydrogen-bond donors (Lipinski definition) is 1. The number of carbonyl (C=O) groups excluding carboxylic acids is 1. The molecule has 0 aliphatic carbocycles. The fraction of sp³-hybridized carbons (Fsp3) is 0.273. The first-order valence-electron chi connectivity index (χ1n) is 9.41. The highest BCUT2D eigenvalue weighted by molar-refractivity contribution is 6.00. The standard InChI is InChI=1S/C22H22FN3O2/c1-15-2-4-16(5-3-15)21-20(22(28)25-12-10-19(27)11-13-25)14-26(24-21)18-8-6-17(23)7-9-18/h2-9,14,19,27H,10-13H2,1H3. The van der Waals surface area contributed by atoms with E-state index in [1.807, 2.05) is 31.2 Å². The molecule has 0 atom stereocenters. The summed E-state index contributed by atoms with van der Waals surface area (Å²) in [5.41, 5.74) is 3.76. The van der Waals surface area contributed by atoms with E-state index in [2.05, 4.69) is 5.10 Å². The Kier molecular flexibility index (Phi) is 4.96. The second-order valence-corrected chi connectivity index (χ2v) is 7.20. The van der Waals surface area contributed by atoms with Crippen LogP contribution in [0.2, 0.25) is 0 Å². The van der Waals surface area contributed by atoms with Crippen LogP contribution in [0.25, 0.3) is 16.9 Å². The third-order valence-corrected chi connectivity index (χ3v) is 5.11. The third-order valence-electron chi connectivity index (χ3n) is 5.11. The van der Waals surface area contributed by atoms with Crippen molar-refractivity contribution in [2.45, 2.75) is 25.9 Å². The first kappa shape index (κ1) is 18.4. The van der Waals surface area contributed by atoms with E-state index in [1.165, 1.54) is 12.1 Å². The van der Waals surface area contributed by atoms with Gasteiger partial charge in [-0.25, -0.2) is 9.07 Å². The lowest BCUT2D eigenvalue weighted by molar-refractivity contribution is 0.0547. The number of aliphatic hydroxyl groups is 1. The average Bonchev–Trinajstić information content (AvgIpc) is 3.14. The van der Waals surface area contributed by atoms with E-state index < -0.39 is 0 Å². The molecular weight excluding hydrogens is 357 g/mol. The zero-order valence-corrected chi connectivity index (χ0v) is 15.7. The van der Waals surface area contributed by atoms with E-state index >= 15 is 0 Å². The lowest BCUT2D eigenvalue weighted by Crippen LogP contribution is -2.40. The smallest absolute Gasteiger partial charge is 0.257 e. The van der Waals surface area contributed by atoms with Gasteiger partial charge >= 0.3 is 0 Å². The molecule has 1 aliphatic rings. The van der Waals surface area contributed by atoms with Gasteiger partial charge in [-0.2, -0.15) is 5.10 Å². The Morgan fingerprint density at radius 2 is 1.71 bits per heavy atom. The van der Waals surface area contributed by atoms with E-state index in [9.17, 15) is 14.3 Å². The van der Waals surface area contributed by atoms with Crippen LogP contribution < -0.4 is 0 Å². The number of benzene rings is 2. The summed E-state index contributed by atoms with van der Waals surface area (Å²) in [4.78, 5) is 15.0. The summed E-state index contributed by atoms with van der Waals surface area (Å²) in [5, 5.41) is 14.4. The first-order chi connectivity index (χ1) is 13.5. The van der Waals surface area contributed by atoms with Gasteiger partial charge in [0.25, 0.3) is 5.91 Å². The SMILES string of the molecule is Cc1ccc(-c2nn(-c3ccc(F)cc3)cc2C(=O)N2CCC(O)CC2)cc1. The van der Waals surface area contributed by atoms with Gasteiger partial charge in [0.05, 0.1) is 17.4 Å². The van der Waals surface area contributed by atoms with Crippen molar-refractivity contribution in [2.75, 3.05) is 13.1 Å². The van der Waals surface area contributed by atoms with Crippen LogP contribution >= 0.6 is 0 Å². The molecule has 0 bridgehead atoms. The Morgan fingerprint density at radius 1 is 1.07 bits per heavy atom. The van der Waals surface area contributed by atoms with Crippen molar-refractivity contribution in [3.05, 3.63) is 71.7 Å². The van der Waals surface area contributed by atoms with Gasteiger partial charge in [0.2, 0.25) is 0 Å². The summed E-state index contributed by atoms with van der Waals surface area (Å²) in [6, 6.07) is 13.9. The fourth-order valence-corrected chi connectivity index (χ4v) is 3.42. The summed E-state index contributed by atoms with van der Waals surface area (Å²) >= 11 is 0. The first-order valence-corrected chi connectivity index (χ1v) is 9.41. The highest BCUT2D eigenvalue weighted by Crippen LogP contribution is 2.26. The number of amides is 1. The normalized spacial score (nSPS) is 15.0. The number of rotatable bonds is 3. The topological polar surface area (TPSA) is 58.4 Å². The maximum atomic E-state index is 13.3. The monoisotopic (exact) mass is 379 g/mol. The molecule has 0 spiro atoms. The Bertz CT molecular complexity index is 972. The van der Waals surface area contributed by atoms with E-state index in [1.54, 1.807) is 27.9 Å². The summed E-state index contributed by atoms with van der Waals surface area (Å²) in [6.45, 7) is 3.05. The van der Waals surface area contributed by atoms with E-state index in [0.717, 1.165) is 11.1 Å². The number of aryl methyl sites for hydroxylation is 1. The van der Waals surface area contributed by atoms with Crippen LogP contribution in [0, 0.1) is 12.7 Å². The molecule has 0 unspecified atom stereocenters. The van der Waals surface area contributed by atoms with E-state index in [0.29, 0.717) is 42.9 Å². The molecule has 1 saturated heterocycles. The molecule has 2 heterocycles. The van der Waals surface area contributed by atoms with Crippen LogP contribution in [0.3, 0.4) is 0 Å². The Morgan fingerprint density at radius 3 is 2.36 bits per heavy atom. The zero-order chi connectivity index (χ0) is 19.7. The predicted molar refractivity (Wildman–Crippen MR) is 105 cm³/mol. The van der Waals surface area contributed by atoms with Gasteiger partial charge in [0.1, 0.15) is 11.5 Å². The van der Waals surface area contributed by atoms with Crippen LogP contribution in [-0.4, -0.2) is 44.9 Å². The van der Waals surface area contributed by atoms with Crippen molar-refractivity contribution in [1.29, 1.82) is 0 Å². The number of aromatic nitrogens is 2. The molecule has 0 radical (unpaired) electrons. The van der Waals surface area contributed by atoms with Gasteiger partial charge < -0.3 is 10.0 Å². The van der Waals surface area contributed by atoms with Gasteiger partial charge in [0.15, 0.2) is 0 Å². The summed E-state index contributed by atoms with van der Waals surface area (Å²) in [7, 11) is 0. The summed E-state index contributed by atoms with van der Waals surface area (Å²) < 4.78 is 14.9. The van der Waals surface area contributed by atoms with Crippen molar-refractivity contribution in [3.63, 3.8) is 0 Å². The lowest BCUT2D eigenvalue weighted by atomic mass is 10.0. The summed E-state index contributed by atoms with van der Waals surface area (Å²) in [5.74, 6) is -0.423. The van der Waals surface area contributed by atoms with Crippen LogP contribution in [0.15, 0.2) is 54.7 Å². The molecule has 1 N–H and O–H groups in total. The van der Waals surface area contributed by atoms with E-state index in [4.69, 9.17) is 0 Å². The van der Waals surface area contributed by atoms with Crippen molar-refractivity contribution in [1.82, 2.24) is 14.7 Å². The van der Waals surface area contributed by atoms with Crippen molar-refractivity contribution < 1.29 is 14.3 Å². The molecule has 28 heavy (non-hydrogen) atoms. The van der Waals surface area contributed by atoms with E-state index in [-0.39, 0.29) is 17.8 Å². The second-order valence-electron chi connectivity index (χ2n) is 7.20. The maximum absolute atomic E-state index is 13.3. The minimum atomic E-state index is -0.345. The number of likely N-dealkylation sites (tertiary alicyclic amines) is 1. The molecular formula is C22H22FN3O2. The number of hydrogen-bond acceptors (Lipinski definition) is 3. The number of halogens is 1. The predicted octanol–water partition coefficient (Wildman–Crippen LogP) is 3.58. The Balaban J connectivity index is 1.75. The molecule has 144 valence electrons.